The van der Waals surface area contributed by atoms with Gasteiger partial charge in [-0.1, -0.05) is 0 Å². The molecule has 2 heterocycles. The number of phosphoric acid groups is 3. The summed E-state index contributed by atoms with van der Waals surface area (Å²) in [5.41, 5.74) is -1.69. The molecule has 30 heavy (non-hydrogen) atoms. The summed E-state index contributed by atoms with van der Waals surface area (Å²) in [4.78, 5) is 60.4. The molecule has 20 heteroatoms. The van der Waals surface area contributed by atoms with Crippen LogP contribution in [-0.4, -0.2) is 64.8 Å². The van der Waals surface area contributed by atoms with Crippen molar-refractivity contribution in [1.82, 2.24) is 9.55 Å². The number of ether oxygens (including phenoxy) is 1. The first kappa shape index (κ1) is 25.2. The SMILES string of the molecule is O=c1ccn(C2OC(COP(=O)(O)OP(=O)(O)OP(=O)(O)O)C(CO)C2O)c(=O)[nH]1. The quantitative estimate of drug-likeness (QED) is 0.177. The van der Waals surface area contributed by atoms with Crippen molar-refractivity contribution in [3.05, 3.63) is 33.1 Å². The van der Waals surface area contributed by atoms with Crippen molar-refractivity contribution < 1.29 is 61.4 Å². The maximum Gasteiger partial charge on any atom is 0.490 e. The number of nitrogens with zero attached hydrogens (tertiary/aromatic N) is 1. The molecule has 0 aliphatic carbocycles. The minimum absolute atomic E-state index is 0.730. The number of aliphatic hydroxyl groups excluding tert-OH is 2. The summed E-state index contributed by atoms with van der Waals surface area (Å²) >= 11 is 0. The second kappa shape index (κ2) is 9.22. The third kappa shape index (κ3) is 6.73. The zero-order valence-electron chi connectivity index (χ0n) is 14.5. The van der Waals surface area contributed by atoms with E-state index in [1.165, 1.54) is 0 Å². The first-order valence-electron chi connectivity index (χ1n) is 7.68. The van der Waals surface area contributed by atoms with Crippen LogP contribution < -0.4 is 11.2 Å². The Bertz CT molecular complexity index is 1010. The molecule has 7 N–H and O–H groups in total. The summed E-state index contributed by atoms with van der Waals surface area (Å²) in [6.45, 7) is -1.69. The van der Waals surface area contributed by atoms with Crippen LogP contribution in [0.25, 0.3) is 0 Å². The molecule has 0 saturated carbocycles. The van der Waals surface area contributed by atoms with Gasteiger partial charge in [0.25, 0.3) is 5.56 Å². The predicted molar refractivity (Wildman–Crippen MR) is 91.6 cm³/mol. The number of phosphoric ester groups is 1. The lowest BCUT2D eigenvalue weighted by Crippen LogP contribution is -2.36. The van der Waals surface area contributed by atoms with Crippen LogP contribution in [0.15, 0.2) is 21.9 Å². The van der Waals surface area contributed by atoms with Crippen molar-refractivity contribution in [1.29, 1.82) is 0 Å². The molecule has 0 aromatic carbocycles. The Morgan fingerprint density at radius 2 is 1.73 bits per heavy atom. The van der Waals surface area contributed by atoms with Crippen LogP contribution in [0.2, 0.25) is 0 Å². The fourth-order valence-electron chi connectivity index (χ4n) is 2.51. The van der Waals surface area contributed by atoms with Gasteiger partial charge in [-0.25, -0.2) is 18.5 Å². The minimum atomic E-state index is -5.72. The Kier molecular flexibility index (Phi) is 7.76. The van der Waals surface area contributed by atoms with Gasteiger partial charge in [0, 0.05) is 18.2 Å². The van der Waals surface area contributed by atoms with E-state index in [0.29, 0.717) is 0 Å². The lowest BCUT2D eigenvalue weighted by Gasteiger charge is -2.20. The highest BCUT2D eigenvalue weighted by atomic mass is 31.3. The summed E-state index contributed by atoms with van der Waals surface area (Å²) in [7, 11) is -16.7. The smallest absolute Gasteiger partial charge is 0.396 e. The van der Waals surface area contributed by atoms with Gasteiger partial charge >= 0.3 is 29.2 Å². The predicted octanol–water partition coefficient (Wildman–Crippen LogP) is -2.25. The molecule has 1 saturated heterocycles. The van der Waals surface area contributed by atoms with Crippen LogP contribution in [-0.2, 0) is 31.6 Å². The highest BCUT2D eigenvalue weighted by Crippen LogP contribution is 2.66. The summed E-state index contributed by atoms with van der Waals surface area (Å²) in [5.74, 6) is -1.18. The maximum atomic E-state index is 11.8. The molecule has 1 aliphatic heterocycles. The van der Waals surface area contributed by atoms with Crippen LogP contribution in [0, 0.1) is 5.92 Å². The first-order chi connectivity index (χ1) is 13.6. The van der Waals surface area contributed by atoms with Crippen molar-refractivity contribution in [2.75, 3.05) is 13.2 Å². The summed E-state index contributed by atoms with van der Waals surface area (Å²) < 4.78 is 51.2. The number of aliphatic hydroxyl groups is 2. The number of aromatic amines is 1. The standard InChI is InChI=1S/C10H17N2O15P3/c13-3-5-6(4-24-29(20,21)27-30(22,23)26-28(17,18)19)25-9(8(5)15)12-2-1-7(14)11-10(12)16/h1-2,5-6,8-9,13,15H,3-4H2,(H,20,21)(H,22,23)(H,11,14,16)(H2,17,18,19). The molecule has 172 valence electrons. The van der Waals surface area contributed by atoms with Crippen molar-refractivity contribution in [3.8, 4) is 0 Å². The Morgan fingerprint density at radius 3 is 2.27 bits per heavy atom. The summed E-state index contributed by atoms with van der Waals surface area (Å²) in [6.07, 6.45) is -3.36. The molecule has 6 unspecified atom stereocenters. The van der Waals surface area contributed by atoms with Gasteiger partial charge in [0.05, 0.1) is 19.3 Å². The van der Waals surface area contributed by atoms with Crippen molar-refractivity contribution in [3.63, 3.8) is 0 Å². The lowest BCUT2D eigenvalue weighted by molar-refractivity contribution is -0.0532. The second-order valence-corrected chi connectivity index (χ2v) is 10.2. The van der Waals surface area contributed by atoms with Crippen LogP contribution in [0.5, 0.6) is 0 Å². The molecule has 0 radical (unpaired) electrons. The normalized spacial score (nSPS) is 28.7. The molecule has 1 aliphatic rings. The molecule has 6 atom stereocenters. The molecule has 1 aromatic heterocycles. The Labute approximate surface area is 165 Å². The molecule has 17 nitrogen and oxygen atoms in total. The lowest BCUT2D eigenvalue weighted by atomic mass is 9.99. The van der Waals surface area contributed by atoms with Gasteiger partial charge in [0.2, 0.25) is 0 Å². The van der Waals surface area contributed by atoms with E-state index in [0.717, 1.165) is 16.8 Å². The van der Waals surface area contributed by atoms with Gasteiger partial charge in [-0.05, 0) is 0 Å². The number of nitrogens with one attached hydrogen (secondary N) is 1. The number of aromatic nitrogens is 2. The monoisotopic (exact) mass is 498 g/mol. The topological polar surface area (TPSA) is 264 Å². The van der Waals surface area contributed by atoms with E-state index in [9.17, 15) is 38.4 Å². The largest absolute Gasteiger partial charge is 0.490 e. The third-order valence-electron chi connectivity index (χ3n) is 3.68. The summed E-state index contributed by atoms with van der Waals surface area (Å²) in [5, 5.41) is 19.7. The van der Waals surface area contributed by atoms with E-state index in [-0.39, 0.29) is 0 Å². The van der Waals surface area contributed by atoms with Gasteiger partial charge in [-0.15, -0.1) is 0 Å². The van der Waals surface area contributed by atoms with Crippen LogP contribution in [0.3, 0.4) is 0 Å². The number of hydrogen-bond acceptors (Lipinski definition) is 11. The van der Waals surface area contributed by atoms with Gasteiger partial charge in [-0.3, -0.25) is 18.9 Å². The molecule has 1 fully saturated rings. The fraction of sp³-hybridized carbons (Fsp3) is 0.600. The van der Waals surface area contributed by atoms with E-state index in [4.69, 9.17) is 19.4 Å². The molecule has 0 bridgehead atoms. The van der Waals surface area contributed by atoms with Gasteiger partial charge in [-0.2, -0.15) is 8.62 Å². The highest BCUT2D eigenvalue weighted by molar-refractivity contribution is 7.66. The van der Waals surface area contributed by atoms with Gasteiger partial charge in [0.15, 0.2) is 6.23 Å². The van der Waals surface area contributed by atoms with Crippen LogP contribution in [0.1, 0.15) is 6.23 Å². The van der Waals surface area contributed by atoms with E-state index in [2.05, 4.69) is 13.1 Å². The average molecular weight is 498 g/mol. The summed E-state index contributed by atoms with van der Waals surface area (Å²) in [6, 6.07) is 0.949. The number of rotatable bonds is 9. The van der Waals surface area contributed by atoms with Crippen LogP contribution >= 0.6 is 23.5 Å². The number of H-pyrrole nitrogens is 1. The van der Waals surface area contributed by atoms with Crippen molar-refractivity contribution >= 4 is 23.5 Å². The molecular weight excluding hydrogens is 481 g/mol. The third-order valence-corrected chi connectivity index (χ3v) is 7.48. The highest BCUT2D eigenvalue weighted by Gasteiger charge is 2.47. The van der Waals surface area contributed by atoms with Crippen LogP contribution in [0.4, 0.5) is 0 Å². The number of hydrogen-bond donors (Lipinski definition) is 7. The van der Waals surface area contributed by atoms with Gasteiger partial charge < -0.3 is 34.5 Å². The molecule has 1 aromatic rings. The molecule has 0 amide bonds. The molecular formula is C10H17N2O15P3. The Morgan fingerprint density at radius 1 is 1.10 bits per heavy atom. The van der Waals surface area contributed by atoms with E-state index in [1.54, 1.807) is 0 Å². The maximum absolute atomic E-state index is 11.8. The minimum Gasteiger partial charge on any atom is -0.396 e. The first-order valence-corrected chi connectivity index (χ1v) is 12.2. The van der Waals surface area contributed by atoms with E-state index >= 15 is 0 Å². The van der Waals surface area contributed by atoms with Gasteiger partial charge in [0.1, 0.15) is 6.10 Å². The van der Waals surface area contributed by atoms with Crippen molar-refractivity contribution in [2.45, 2.75) is 18.4 Å². The van der Waals surface area contributed by atoms with E-state index < -0.39 is 72.3 Å². The fourth-order valence-corrected chi connectivity index (χ4v) is 5.54. The zero-order valence-corrected chi connectivity index (χ0v) is 17.2. The Hall–Kier alpha value is -1.03. The zero-order chi connectivity index (χ0) is 22.9. The van der Waals surface area contributed by atoms with E-state index in [1.807, 2.05) is 4.98 Å². The average Bonchev–Trinajstić information content (AvgIpc) is 2.85. The Balaban J connectivity index is 2.11. The van der Waals surface area contributed by atoms with Crippen molar-refractivity contribution in [2.24, 2.45) is 5.92 Å². The second-order valence-electron chi connectivity index (χ2n) is 5.81. The molecule has 0 spiro atoms. The molecule has 2 rings (SSSR count).